The quantitative estimate of drug-likeness (QED) is 0.594. The van der Waals surface area contributed by atoms with Crippen LogP contribution in [-0.4, -0.2) is 14.5 Å². The summed E-state index contributed by atoms with van der Waals surface area (Å²) in [7, 11) is -1.48. The zero-order valence-corrected chi connectivity index (χ0v) is 11.8. The van der Waals surface area contributed by atoms with E-state index in [9.17, 15) is 0 Å². The number of para-hydroxylation sites is 1. The molecule has 1 aromatic rings. The average molecular weight is 237 g/mol. The number of anilines is 1. The van der Waals surface area contributed by atoms with Gasteiger partial charge in [0.15, 0.2) is 8.32 Å². The van der Waals surface area contributed by atoms with Crippen molar-refractivity contribution in [1.82, 2.24) is 0 Å². The Labute approximate surface area is 100 Å². The Kier molecular flexibility index (Phi) is 5.02. The van der Waals surface area contributed by atoms with Gasteiger partial charge in [-0.1, -0.05) is 31.5 Å². The van der Waals surface area contributed by atoms with E-state index in [0.717, 1.165) is 5.69 Å². The molecule has 0 amide bonds. The molecule has 16 heavy (non-hydrogen) atoms. The van der Waals surface area contributed by atoms with Crippen LogP contribution in [0.5, 0.6) is 0 Å². The van der Waals surface area contributed by atoms with E-state index in [1.165, 1.54) is 12.5 Å². The van der Waals surface area contributed by atoms with Crippen LogP contribution in [0, 0.1) is 0 Å². The molecule has 0 saturated carbocycles. The molecule has 1 rings (SSSR count). The minimum Gasteiger partial charge on any atom is -0.398 e. The summed E-state index contributed by atoms with van der Waals surface area (Å²) in [5, 5.41) is 3.37. The zero-order valence-electron chi connectivity index (χ0n) is 10.8. The Balaban J connectivity index is 2.44. The molecule has 0 aliphatic heterocycles. The molecule has 2 nitrogen and oxygen atoms in total. The van der Waals surface area contributed by atoms with Crippen molar-refractivity contribution >= 4 is 14.0 Å². The summed E-state index contributed by atoms with van der Waals surface area (Å²) in [6, 6.07) is 11.4. The molecule has 0 aliphatic carbocycles. The van der Waals surface area contributed by atoms with Crippen molar-refractivity contribution in [2.75, 3.05) is 5.32 Å². The molecule has 1 N–H and O–H groups in total. The third kappa shape index (κ3) is 4.81. The first-order valence-corrected chi connectivity index (χ1v) is 9.14. The lowest BCUT2D eigenvalue weighted by atomic mass is 10.3. The summed E-state index contributed by atoms with van der Waals surface area (Å²) < 4.78 is 6.11. The van der Waals surface area contributed by atoms with Crippen molar-refractivity contribution in [3.8, 4) is 0 Å². The summed E-state index contributed by atoms with van der Waals surface area (Å²) in [6.45, 7) is 8.85. The predicted octanol–water partition coefficient (Wildman–Crippen LogP) is 4.08. The van der Waals surface area contributed by atoms with E-state index in [4.69, 9.17) is 4.43 Å². The SMILES string of the molecule is CCC[Si](C)(C)OC(C)Nc1ccccc1. The first kappa shape index (κ1) is 13.3. The molecule has 0 spiro atoms. The predicted molar refractivity (Wildman–Crippen MR) is 73.2 cm³/mol. The molecule has 90 valence electrons. The van der Waals surface area contributed by atoms with Crippen LogP contribution in [0.4, 0.5) is 5.69 Å². The fourth-order valence-corrected chi connectivity index (χ4v) is 4.28. The molecule has 1 unspecified atom stereocenters. The molecule has 1 aromatic carbocycles. The van der Waals surface area contributed by atoms with E-state index in [1.54, 1.807) is 0 Å². The van der Waals surface area contributed by atoms with Crippen molar-refractivity contribution in [3.05, 3.63) is 30.3 Å². The van der Waals surface area contributed by atoms with Crippen LogP contribution in [0.25, 0.3) is 0 Å². The molecule has 0 radical (unpaired) electrons. The van der Waals surface area contributed by atoms with Gasteiger partial charge in [0, 0.05) is 5.69 Å². The largest absolute Gasteiger partial charge is 0.398 e. The normalized spacial score (nSPS) is 13.5. The Morgan fingerprint density at radius 3 is 2.44 bits per heavy atom. The molecule has 0 bridgehead atoms. The Morgan fingerprint density at radius 2 is 1.88 bits per heavy atom. The van der Waals surface area contributed by atoms with Crippen LogP contribution in [0.15, 0.2) is 30.3 Å². The third-order valence-corrected chi connectivity index (χ3v) is 5.19. The van der Waals surface area contributed by atoms with Gasteiger partial charge < -0.3 is 9.74 Å². The second-order valence-corrected chi connectivity index (χ2v) is 9.04. The van der Waals surface area contributed by atoms with Crippen molar-refractivity contribution in [3.63, 3.8) is 0 Å². The number of hydrogen-bond acceptors (Lipinski definition) is 2. The lowest BCUT2D eigenvalue weighted by Crippen LogP contribution is -2.37. The van der Waals surface area contributed by atoms with Gasteiger partial charge in [-0.2, -0.15) is 0 Å². The second kappa shape index (κ2) is 6.06. The fourth-order valence-electron chi connectivity index (χ4n) is 1.94. The van der Waals surface area contributed by atoms with E-state index >= 15 is 0 Å². The van der Waals surface area contributed by atoms with Crippen LogP contribution in [0.3, 0.4) is 0 Å². The van der Waals surface area contributed by atoms with Gasteiger partial charge in [0.1, 0.15) is 6.23 Å². The maximum absolute atomic E-state index is 6.11. The van der Waals surface area contributed by atoms with E-state index in [-0.39, 0.29) is 6.23 Å². The number of rotatable bonds is 6. The molecule has 0 saturated heterocycles. The highest BCUT2D eigenvalue weighted by Crippen LogP contribution is 2.17. The minimum absolute atomic E-state index is 0.0932. The Morgan fingerprint density at radius 1 is 1.25 bits per heavy atom. The Hall–Kier alpha value is -0.803. The lowest BCUT2D eigenvalue weighted by Gasteiger charge is -2.28. The molecule has 0 fully saturated rings. The molecular weight excluding hydrogens is 214 g/mol. The molecular formula is C13H23NOSi. The lowest BCUT2D eigenvalue weighted by molar-refractivity contribution is 0.239. The standard InChI is InChI=1S/C13H23NOSi/c1-5-11-16(3,4)15-12(2)14-13-9-7-6-8-10-13/h6-10,12,14H,5,11H2,1-4H3. The number of benzene rings is 1. The summed E-state index contributed by atoms with van der Waals surface area (Å²) in [4.78, 5) is 0. The van der Waals surface area contributed by atoms with Crippen LogP contribution in [0.2, 0.25) is 19.1 Å². The van der Waals surface area contributed by atoms with Gasteiger partial charge in [-0.25, -0.2) is 0 Å². The minimum atomic E-state index is -1.48. The summed E-state index contributed by atoms with van der Waals surface area (Å²) in [5.41, 5.74) is 1.12. The van der Waals surface area contributed by atoms with Crippen LogP contribution < -0.4 is 5.32 Å². The van der Waals surface area contributed by atoms with Gasteiger partial charge in [0.25, 0.3) is 0 Å². The molecule has 1 atom stereocenters. The summed E-state index contributed by atoms with van der Waals surface area (Å²) in [5.74, 6) is 0. The Bertz CT molecular complexity index is 300. The van der Waals surface area contributed by atoms with E-state index in [1.807, 2.05) is 18.2 Å². The van der Waals surface area contributed by atoms with Crippen molar-refractivity contribution in [1.29, 1.82) is 0 Å². The number of hydrogen-bond donors (Lipinski definition) is 1. The van der Waals surface area contributed by atoms with Gasteiger partial charge in [-0.05, 0) is 38.2 Å². The molecule has 0 aromatic heterocycles. The van der Waals surface area contributed by atoms with Crippen LogP contribution in [-0.2, 0) is 4.43 Å². The average Bonchev–Trinajstić information content (AvgIpc) is 2.17. The maximum atomic E-state index is 6.11. The van der Waals surface area contributed by atoms with Crippen molar-refractivity contribution in [2.45, 2.75) is 45.6 Å². The first-order valence-electron chi connectivity index (χ1n) is 6.03. The summed E-state index contributed by atoms with van der Waals surface area (Å²) >= 11 is 0. The van der Waals surface area contributed by atoms with Gasteiger partial charge in [0.2, 0.25) is 0 Å². The van der Waals surface area contributed by atoms with E-state index in [0.29, 0.717) is 0 Å². The summed E-state index contributed by atoms with van der Waals surface area (Å²) in [6.07, 6.45) is 1.30. The molecule has 0 aliphatic rings. The van der Waals surface area contributed by atoms with Gasteiger partial charge in [0.05, 0.1) is 0 Å². The highest BCUT2D eigenvalue weighted by Gasteiger charge is 2.23. The fraction of sp³-hybridized carbons (Fsp3) is 0.538. The van der Waals surface area contributed by atoms with Crippen LogP contribution >= 0.6 is 0 Å². The highest BCUT2D eigenvalue weighted by molar-refractivity contribution is 6.71. The smallest absolute Gasteiger partial charge is 0.189 e. The van der Waals surface area contributed by atoms with Crippen molar-refractivity contribution in [2.24, 2.45) is 0 Å². The van der Waals surface area contributed by atoms with Gasteiger partial charge in [-0.15, -0.1) is 0 Å². The topological polar surface area (TPSA) is 21.3 Å². The molecule has 0 heterocycles. The molecule has 3 heteroatoms. The van der Waals surface area contributed by atoms with Crippen LogP contribution in [0.1, 0.15) is 20.3 Å². The third-order valence-electron chi connectivity index (χ3n) is 2.49. The number of nitrogens with one attached hydrogen (secondary N) is 1. The zero-order chi connectivity index (χ0) is 12.0. The van der Waals surface area contributed by atoms with Crippen molar-refractivity contribution < 1.29 is 4.43 Å². The van der Waals surface area contributed by atoms with Gasteiger partial charge >= 0.3 is 0 Å². The van der Waals surface area contributed by atoms with Gasteiger partial charge in [-0.3, -0.25) is 0 Å². The maximum Gasteiger partial charge on any atom is 0.189 e. The second-order valence-electron chi connectivity index (χ2n) is 4.78. The monoisotopic (exact) mass is 237 g/mol. The van der Waals surface area contributed by atoms with E-state index in [2.05, 4.69) is 44.4 Å². The highest BCUT2D eigenvalue weighted by atomic mass is 28.4. The van der Waals surface area contributed by atoms with E-state index < -0.39 is 8.32 Å². The first-order chi connectivity index (χ1) is 7.53.